The molecule has 1 unspecified atom stereocenters. The summed E-state index contributed by atoms with van der Waals surface area (Å²) in [5, 5.41) is 58.6. The number of aliphatic carboxylic acids is 1. The molecule has 0 aromatic carbocycles. The zero-order valence-electron chi connectivity index (χ0n) is 11.0. The average Bonchev–Trinajstić information content (AvgIpc) is 2.39. The predicted octanol–water partition coefficient (Wildman–Crippen LogP) is -3.18. The Morgan fingerprint density at radius 1 is 1.48 bits per heavy atom. The van der Waals surface area contributed by atoms with Crippen molar-refractivity contribution in [3.63, 3.8) is 0 Å². The summed E-state index contributed by atoms with van der Waals surface area (Å²) in [6.45, 7) is 0.209. The molecule has 1 aliphatic rings. The highest BCUT2D eigenvalue weighted by atomic mass is 16.7. The quantitative estimate of drug-likeness (QED) is 0.276. The SMILES string of the molecule is CC(=O)N[C@@H]1C(O)=C[C@](O)(C(=O)O)O[C@H]1C(O)[C@H](O)CO. The fourth-order valence-corrected chi connectivity index (χ4v) is 1.85. The molecule has 0 fully saturated rings. The van der Waals surface area contributed by atoms with Crippen molar-refractivity contribution < 1.29 is 45.0 Å². The van der Waals surface area contributed by atoms with Crippen LogP contribution in [0.4, 0.5) is 0 Å². The van der Waals surface area contributed by atoms with E-state index >= 15 is 0 Å². The lowest BCUT2D eigenvalue weighted by Crippen LogP contribution is -2.61. The van der Waals surface area contributed by atoms with Gasteiger partial charge in [0.15, 0.2) is 0 Å². The Kier molecular flexibility index (Phi) is 5.25. The van der Waals surface area contributed by atoms with E-state index in [0.717, 1.165) is 6.92 Å². The Morgan fingerprint density at radius 3 is 2.48 bits per heavy atom. The van der Waals surface area contributed by atoms with Gasteiger partial charge in [-0.15, -0.1) is 0 Å². The number of carboxylic acid groups (broad SMARTS) is 1. The van der Waals surface area contributed by atoms with Gasteiger partial charge in [0, 0.05) is 13.0 Å². The van der Waals surface area contributed by atoms with Crippen molar-refractivity contribution in [3.05, 3.63) is 11.8 Å². The van der Waals surface area contributed by atoms with Crippen molar-refractivity contribution in [2.75, 3.05) is 6.61 Å². The summed E-state index contributed by atoms with van der Waals surface area (Å²) in [5.41, 5.74) is 0. The van der Waals surface area contributed by atoms with Crippen LogP contribution in [-0.2, 0) is 14.3 Å². The molecule has 5 atom stereocenters. The van der Waals surface area contributed by atoms with E-state index in [1.807, 2.05) is 0 Å². The summed E-state index contributed by atoms with van der Waals surface area (Å²) < 4.78 is 4.79. The minimum Gasteiger partial charge on any atom is -0.510 e. The molecule has 10 nitrogen and oxygen atoms in total. The largest absolute Gasteiger partial charge is 0.510 e. The predicted molar refractivity (Wildman–Crippen MR) is 64.9 cm³/mol. The molecule has 0 bridgehead atoms. The van der Waals surface area contributed by atoms with Crippen LogP contribution in [-0.4, -0.2) is 79.3 Å². The first-order valence-corrected chi connectivity index (χ1v) is 5.91. The molecule has 0 spiro atoms. The molecule has 0 radical (unpaired) electrons. The van der Waals surface area contributed by atoms with Crippen molar-refractivity contribution in [1.82, 2.24) is 5.32 Å². The summed E-state index contributed by atoms with van der Waals surface area (Å²) in [6.07, 6.45) is -4.88. The van der Waals surface area contributed by atoms with Crippen molar-refractivity contribution in [1.29, 1.82) is 0 Å². The molecule has 21 heavy (non-hydrogen) atoms. The third-order valence-corrected chi connectivity index (χ3v) is 2.89. The van der Waals surface area contributed by atoms with Crippen LogP contribution in [0.1, 0.15) is 6.92 Å². The highest BCUT2D eigenvalue weighted by molar-refractivity contribution is 5.79. The van der Waals surface area contributed by atoms with E-state index in [9.17, 15) is 30.0 Å². The average molecular weight is 307 g/mol. The highest BCUT2D eigenvalue weighted by Crippen LogP contribution is 2.28. The third-order valence-electron chi connectivity index (χ3n) is 2.89. The van der Waals surface area contributed by atoms with E-state index in [1.54, 1.807) is 0 Å². The van der Waals surface area contributed by atoms with Gasteiger partial charge in [0.2, 0.25) is 5.91 Å². The maximum Gasteiger partial charge on any atom is 0.368 e. The van der Waals surface area contributed by atoms with E-state index in [1.165, 1.54) is 0 Å². The monoisotopic (exact) mass is 307 g/mol. The van der Waals surface area contributed by atoms with Gasteiger partial charge in [-0.1, -0.05) is 0 Å². The number of hydrogen-bond donors (Lipinski definition) is 7. The second-order valence-corrected chi connectivity index (χ2v) is 4.57. The molecule has 0 saturated heterocycles. The lowest BCUT2D eigenvalue weighted by molar-refractivity contribution is -0.248. The second kappa shape index (κ2) is 6.37. The van der Waals surface area contributed by atoms with Gasteiger partial charge in [0.05, 0.1) is 6.61 Å². The second-order valence-electron chi connectivity index (χ2n) is 4.57. The molecule has 1 rings (SSSR count). The molecule has 0 saturated carbocycles. The van der Waals surface area contributed by atoms with Crippen LogP contribution >= 0.6 is 0 Å². The van der Waals surface area contributed by atoms with E-state index < -0.39 is 54.4 Å². The fraction of sp³-hybridized carbons (Fsp3) is 0.636. The van der Waals surface area contributed by atoms with Gasteiger partial charge in [0.25, 0.3) is 5.79 Å². The minimum absolute atomic E-state index is 0.449. The number of ether oxygens (including phenoxy) is 1. The van der Waals surface area contributed by atoms with E-state index in [0.29, 0.717) is 6.08 Å². The van der Waals surface area contributed by atoms with Gasteiger partial charge in [-0.3, -0.25) is 4.79 Å². The first-order valence-electron chi connectivity index (χ1n) is 5.91. The number of nitrogens with one attached hydrogen (secondary N) is 1. The van der Waals surface area contributed by atoms with Crippen molar-refractivity contribution in [3.8, 4) is 0 Å². The molecule has 120 valence electrons. The van der Waals surface area contributed by atoms with Crippen molar-refractivity contribution >= 4 is 11.9 Å². The topological polar surface area (TPSA) is 177 Å². The third kappa shape index (κ3) is 3.68. The normalized spacial score (nSPS) is 32.0. The summed E-state index contributed by atoms with van der Waals surface area (Å²) in [7, 11) is 0. The number of rotatable bonds is 5. The lowest BCUT2D eigenvalue weighted by Gasteiger charge is -2.39. The zero-order chi connectivity index (χ0) is 16.4. The Hall–Kier alpha value is -1.72. The van der Waals surface area contributed by atoms with Gasteiger partial charge in [0.1, 0.15) is 30.1 Å². The molecular formula is C11H17NO9. The van der Waals surface area contributed by atoms with Crippen LogP contribution in [0.2, 0.25) is 0 Å². The van der Waals surface area contributed by atoms with Crippen LogP contribution in [0, 0.1) is 0 Å². The number of carbonyl (C=O) groups excluding carboxylic acids is 1. The number of aliphatic hydroxyl groups is 5. The number of carbonyl (C=O) groups is 2. The molecule has 1 amide bonds. The van der Waals surface area contributed by atoms with Crippen LogP contribution in [0.15, 0.2) is 11.8 Å². The van der Waals surface area contributed by atoms with Gasteiger partial charge in [-0.25, -0.2) is 4.79 Å². The molecule has 0 aliphatic carbocycles. The lowest BCUT2D eigenvalue weighted by atomic mass is 9.95. The Balaban J connectivity index is 3.18. The van der Waals surface area contributed by atoms with E-state index in [-0.39, 0.29) is 0 Å². The number of aliphatic hydroxyl groups excluding tert-OH is 4. The Bertz CT molecular complexity index is 451. The molecule has 1 aliphatic heterocycles. The highest BCUT2D eigenvalue weighted by Gasteiger charge is 2.50. The van der Waals surface area contributed by atoms with Crippen LogP contribution in [0.3, 0.4) is 0 Å². The maximum atomic E-state index is 11.1. The molecular weight excluding hydrogens is 290 g/mol. The van der Waals surface area contributed by atoms with Crippen molar-refractivity contribution in [2.24, 2.45) is 0 Å². The number of amides is 1. The Morgan fingerprint density at radius 2 is 2.05 bits per heavy atom. The summed E-state index contributed by atoms with van der Waals surface area (Å²) in [4.78, 5) is 22.0. The minimum atomic E-state index is -2.94. The van der Waals surface area contributed by atoms with E-state index in [4.69, 9.17) is 14.9 Å². The standard InChI is InChI=1S/C11H17NO9/c1-4(14)12-7-5(15)2-11(20,10(18)19)21-9(7)8(17)6(16)3-13/h2,6-9,13,15-17,20H,3H2,1H3,(H,12,14)(H,18,19)/t6-,7-,8?,9-,11-/m1/s1. The number of hydrogen-bond acceptors (Lipinski definition) is 8. The fourth-order valence-electron chi connectivity index (χ4n) is 1.85. The van der Waals surface area contributed by atoms with E-state index in [2.05, 4.69) is 5.32 Å². The number of carboxylic acids is 1. The smallest absolute Gasteiger partial charge is 0.368 e. The first-order chi connectivity index (χ1) is 9.62. The van der Waals surface area contributed by atoms with Gasteiger partial charge >= 0.3 is 5.97 Å². The molecule has 0 aromatic rings. The van der Waals surface area contributed by atoms with Crippen molar-refractivity contribution in [2.45, 2.75) is 37.1 Å². The molecule has 0 aromatic heterocycles. The molecule has 1 heterocycles. The molecule has 10 heteroatoms. The Labute approximate surface area is 118 Å². The van der Waals surface area contributed by atoms with Crippen LogP contribution < -0.4 is 5.32 Å². The summed E-state index contributed by atoms with van der Waals surface area (Å²) >= 11 is 0. The first kappa shape index (κ1) is 17.3. The van der Waals surface area contributed by atoms with Gasteiger partial charge in [-0.2, -0.15) is 0 Å². The van der Waals surface area contributed by atoms with Crippen LogP contribution in [0.25, 0.3) is 0 Å². The summed E-state index contributed by atoms with van der Waals surface area (Å²) in [5.74, 6) is -6.22. The van der Waals surface area contributed by atoms with Gasteiger partial charge in [-0.05, 0) is 0 Å². The molecule has 7 N–H and O–H groups in total. The summed E-state index contributed by atoms with van der Waals surface area (Å²) in [6, 6.07) is -1.40. The van der Waals surface area contributed by atoms with Gasteiger partial charge < -0.3 is 40.7 Å². The van der Waals surface area contributed by atoms with Crippen LogP contribution in [0.5, 0.6) is 0 Å². The zero-order valence-corrected chi connectivity index (χ0v) is 11.0. The maximum absolute atomic E-state index is 11.1.